The smallest absolute Gasteiger partial charge is 0.416 e. The number of hydroxylamine groups is 1. The molecule has 3 N–H and O–H groups in total. The molecule has 0 aliphatic heterocycles. The predicted molar refractivity (Wildman–Crippen MR) is 98.9 cm³/mol. The van der Waals surface area contributed by atoms with Crippen molar-refractivity contribution in [3.05, 3.63) is 59.7 Å². The standard InChI is InChI=1S/C20H21F3N2O4/c1-19(2,3)29-18(27)24-16(17(26)25-28)14-6-4-12(5-7-14)13-8-10-15(11-9-13)20(21,22)23/h4-11,16,28H,1-3H3,(H,24,27)(H,25,26). The van der Waals surface area contributed by atoms with E-state index in [9.17, 15) is 22.8 Å². The third-order valence-corrected chi connectivity index (χ3v) is 3.82. The van der Waals surface area contributed by atoms with Gasteiger partial charge in [-0.15, -0.1) is 0 Å². The largest absolute Gasteiger partial charge is 0.444 e. The minimum absolute atomic E-state index is 0.345. The van der Waals surface area contributed by atoms with E-state index in [1.54, 1.807) is 32.9 Å². The van der Waals surface area contributed by atoms with Crippen molar-refractivity contribution in [3.63, 3.8) is 0 Å². The van der Waals surface area contributed by atoms with Crippen LogP contribution in [0.25, 0.3) is 11.1 Å². The highest BCUT2D eigenvalue weighted by Gasteiger charge is 2.30. The lowest BCUT2D eigenvalue weighted by atomic mass is 9.99. The van der Waals surface area contributed by atoms with Crippen LogP contribution in [0.1, 0.15) is 37.9 Å². The van der Waals surface area contributed by atoms with E-state index in [2.05, 4.69) is 5.32 Å². The second-order valence-corrected chi connectivity index (χ2v) is 7.25. The van der Waals surface area contributed by atoms with Crippen LogP contribution >= 0.6 is 0 Å². The molecule has 2 rings (SSSR count). The zero-order chi connectivity index (χ0) is 21.8. The summed E-state index contributed by atoms with van der Waals surface area (Å²) in [6.45, 7) is 4.98. The molecule has 0 aromatic heterocycles. The molecule has 0 saturated carbocycles. The van der Waals surface area contributed by atoms with Gasteiger partial charge < -0.3 is 10.1 Å². The van der Waals surface area contributed by atoms with Crippen molar-refractivity contribution in [1.29, 1.82) is 0 Å². The van der Waals surface area contributed by atoms with Gasteiger partial charge in [0.25, 0.3) is 5.91 Å². The van der Waals surface area contributed by atoms with Crippen LogP contribution in [0.5, 0.6) is 0 Å². The Hall–Kier alpha value is -3.07. The molecule has 0 bridgehead atoms. The maximum Gasteiger partial charge on any atom is 0.416 e. The normalized spacial score (nSPS) is 12.8. The number of ether oxygens (including phenoxy) is 1. The summed E-state index contributed by atoms with van der Waals surface area (Å²) in [4.78, 5) is 23.9. The van der Waals surface area contributed by atoms with Gasteiger partial charge in [0.05, 0.1) is 5.56 Å². The number of alkyl carbamates (subject to hydrolysis) is 1. The second kappa shape index (κ2) is 8.52. The molecule has 0 aliphatic carbocycles. The van der Waals surface area contributed by atoms with Crippen LogP contribution in [-0.2, 0) is 15.7 Å². The number of nitrogens with one attached hydrogen (secondary N) is 2. The van der Waals surface area contributed by atoms with Crippen LogP contribution in [0.4, 0.5) is 18.0 Å². The van der Waals surface area contributed by atoms with Gasteiger partial charge in [0.1, 0.15) is 11.6 Å². The van der Waals surface area contributed by atoms with Gasteiger partial charge in [-0.25, -0.2) is 10.3 Å². The molecule has 1 unspecified atom stereocenters. The molecule has 29 heavy (non-hydrogen) atoms. The molecule has 156 valence electrons. The van der Waals surface area contributed by atoms with E-state index in [4.69, 9.17) is 9.94 Å². The summed E-state index contributed by atoms with van der Waals surface area (Å²) in [5.41, 5.74) is 1.46. The van der Waals surface area contributed by atoms with Crippen molar-refractivity contribution in [1.82, 2.24) is 10.8 Å². The van der Waals surface area contributed by atoms with Crippen LogP contribution < -0.4 is 10.8 Å². The van der Waals surface area contributed by atoms with E-state index in [-0.39, 0.29) is 0 Å². The summed E-state index contributed by atoms with van der Waals surface area (Å²) < 4.78 is 43.1. The molecule has 0 spiro atoms. The first-order chi connectivity index (χ1) is 13.4. The molecule has 9 heteroatoms. The molecule has 2 aromatic carbocycles. The Morgan fingerprint density at radius 1 is 0.931 bits per heavy atom. The Labute approximate surface area is 165 Å². The maximum atomic E-state index is 12.7. The first kappa shape index (κ1) is 22.2. The topological polar surface area (TPSA) is 87.7 Å². The zero-order valence-electron chi connectivity index (χ0n) is 16.0. The summed E-state index contributed by atoms with van der Waals surface area (Å²) in [6, 6.07) is 9.64. The Balaban J connectivity index is 2.22. The fourth-order valence-electron chi connectivity index (χ4n) is 2.51. The lowest BCUT2D eigenvalue weighted by Crippen LogP contribution is -2.41. The Morgan fingerprint density at radius 2 is 1.41 bits per heavy atom. The van der Waals surface area contributed by atoms with Gasteiger partial charge in [-0.2, -0.15) is 13.2 Å². The SMILES string of the molecule is CC(C)(C)OC(=O)NC(C(=O)NO)c1ccc(-c2ccc(C(F)(F)F)cc2)cc1. The number of hydrogen-bond donors (Lipinski definition) is 3. The summed E-state index contributed by atoms with van der Waals surface area (Å²) in [7, 11) is 0. The number of halogens is 3. The molecule has 0 saturated heterocycles. The summed E-state index contributed by atoms with van der Waals surface area (Å²) in [6.07, 6.45) is -5.27. The van der Waals surface area contributed by atoms with Crippen molar-refractivity contribution in [2.45, 2.75) is 38.6 Å². The number of rotatable bonds is 4. The first-order valence-corrected chi connectivity index (χ1v) is 8.62. The average Bonchev–Trinajstić information content (AvgIpc) is 2.64. The van der Waals surface area contributed by atoms with Gasteiger partial charge in [-0.1, -0.05) is 36.4 Å². The molecule has 1 atom stereocenters. The van der Waals surface area contributed by atoms with E-state index in [1.807, 2.05) is 0 Å². The molecule has 0 fully saturated rings. The van der Waals surface area contributed by atoms with Crippen LogP contribution in [-0.4, -0.2) is 22.8 Å². The number of carbonyl (C=O) groups excluding carboxylic acids is 2. The average molecular weight is 410 g/mol. The lowest BCUT2D eigenvalue weighted by molar-refractivity contribution is -0.137. The molecule has 0 radical (unpaired) electrons. The highest BCUT2D eigenvalue weighted by molar-refractivity contribution is 5.86. The molecular weight excluding hydrogens is 389 g/mol. The number of carbonyl (C=O) groups is 2. The first-order valence-electron chi connectivity index (χ1n) is 8.62. The van der Waals surface area contributed by atoms with Gasteiger partial charge in [0.15, 0.2) is 0 Å². The van der Waals surface area contributed by atoms with Gasteiger partial charge in [0.2, 0.25) is 0 Å². The maximum absolute atomic E-state index is 12.7. The fraction of sp³-hybridized carbons (Fsp3) is 0.300. The Morgan fingerprint density at radius 3 is 1.83 bits per heavy atom. The van der Waals surface area contributed by atoms with Crippen LogP contribution in [0, 0.1) is 0 Å². The predicted octanol–water partition coefficient (Wildman–Crippen LogP) is 4.44. The molecule has 2 amide bonds. The van der Waals surface area contributed by atoms with Crippen molar-refractivity contribution >= 4 is 12.0 Å². The third-order valence-electron chi connectivity index (χ3n) is 3.82. The van der Waals surface area contributed by atoms with E-state index in [1.165, 1.54) is 29.7 Å². The van der Waals surface area contributed by atoms with Crippen molar-refractivity contribution in [2.75, 3.05) is 0 Å². The monoisotopic (exact) mass is 410 g/mol. The van der Waals surface area contributed by atoms with E-state index >= 15 is 0 Å². The quantitative estimate of drug-likeness (QED) is 0.514. The highest BCUT2D eigenvalue weighted by Crippen LogP contribution is 2.31. The van der Waals surface area contributed by atoms with E-state index in [0.717, 1.165) is 12.1 Å². The molecule has 0 heterocycles. The number of alkyl halides is 3. The lowest BCUT2D eigenvalue weighted by Gasteiger charge is -2.23. The van der Waals surface area contributed by atoms with Crippen molar-refractivity contribution < 1.29 is 32.7 Å². The number of benzene rings is 2. The Bertz CT molecular complexity index is 857. The highest BCUT2D eigenvalue weighted by atomic mass is 19.4. The minimum atomic E-state index is -4.42. The van der Waals surface area contributed by atoms with Gasteiger partial charge >= 0.3 is 12.3 Å². The minimum Gasteiger partial charge on any atom is -0.444 e. The van der Waals surface area contributed by atoms with Crippen molar-refractivity contribution in [2.24, 2.45) is 0 Å². The third kappa shape index (κ3) is 6.21. The van der Waals surface area contributed by atoms with Crippen LogP contribution in [0.15, 0.2) is 48.5 Å². The number of hydrogen-bond acceptors (Lipinski definition) is 4. The molecule has 0 aliphatic rings. The summed E-state index contributed by atoms with van der Waals surface area (Å²) in [5.74, 6) is -0.877. The second-order valence-electron chi connectivity index (χ2n) is 7.25. The molecule has 6 nitrogen and oxygen atoms in total. The molecular formula is C20H21F3N2O4. The van der Waals surface area contributed by atoms with Crippen molar-refractivity contribution in [3.8, 4) is 11.1 Å². The van der Waals surface area contributed by atoms with E-state index < -0.39 is 35.4 Å². The van der Waals surface area contributed by atoms with Gasteiger partial charge in [0, 0.05) is 0 Å². The summed E-state index contributed by atoms with van der Waals surface area (Å²) in [5, 5.41) is 11.3. The van der Waals surface area contributed by atoms with Crippen LogP contribution in [0.2, 0.25) is 0 Å². The Kier molecular flexibility index (Phi) is 6.53. The zero-order valence-corrected chi connectivity index (χ0v) is 16.0. The fourth-order valence-corrected chi connectivity index (χ4v) is 2.51. The van der Waals surface area contributed by atoms with E-state index in [0.29, 0.717) is 16.7 Å². The number of amides is 2. The summed E-state index contributed by atoms with van der Waals surface area (Å²) >= 11 is 0. The van der Waals surface area contributed by atoms with Crippen LogP contribution in [0.3, 0.4) is 0 Å². The molecule has 2 aromatic rings. The van der Waals surface area contributed by atoms with Gasteiger partial charge in [-0.05, 0) is 49.6 Å². The van der Waals surface area contributed by atoms with Gasteiger partial charge in [-0.3, -0.25) is 10.0 Å².